The summed E-state index contributed by atoms with van der Waals surface area (Å²) in [5.41, 5.74) is 7.12. The van der Waals surface area contributed by atoms with Gasteiger partial charge in [0.25, 0.3) is 0 Å². The minimum atomic E-state index is 0.00787. The molecule has 0 N–H and O–H groups in total. The van der Waals surface area contributed by atoms with Crippen LogP contribution in [0, 0.1) is 57.2 Å². The predicted octanol–water partition coefficient (Wildman–Crippen LogP) is 10.6. The molecule has 3 saturated carbocycles. The van der Waals surface area contributed by atoms with Crippen LogP contribution in [0.1, 0.15) is 125 Å². The third-order valence-electron chi connectivity index (χ3n) is 15.9. The Morgan fingerprint density at radius 2 is 1.60 bits per heavy atom. The molecule has 3 fully saturated rings. The maximum atomic E-state index is 14.3. The molecule has 3 nitrogen and oxygen atoms in total. The van der Waals surface area contributed by atoms with Gasteiger partial charge >= 0.3 is 0 Å². The predicted molar refractivity (Wildman–Crippen MR) is 203 cm³/mol. The smallest absolute Gasteiger partial charge is 0.159 e. The Bertz CT molecular complexity index is 1390. The fourth-order valence-corrected chi connectivity index (χ4v) is 13.1. The molecule has 48 heavy (non-hydrogen) atoms. The first-order valence-electron chi connectivity index (χ1n) is 20.1. The van der Waals surface area contributed by atoms with Crippen LogP contribution in [-0.4, -0.2) is 49.3 Å². The fraction of sp³-hybridized carbons (Fsp3) is 0.756. The molecule has 9 atom stereocenters. The second-order valence-electron chi connectivity index (χ2n) is 18.8. The maximum Gasteiger partial charge on any atom is 0.159 e. The number of likely N-dealkylation sites (N-methyl/N-ethyl adjacent to an activating group) is 1. The summed E-state index contributed by atoms with van der Waals surface area (Å²) >= 11 is 0. The van der Waals surface area contributed by atoms with Crippen LogP contribution in [-0.2, 0) is 11.3 Å². The van der Waals surface area contributed by atoms with Crippen molar-refractivity contribution >= 4 is 5.78 Å². The van der Waals surface area contributed by atoms with E-state index in [4.69, 9.17) is 0 Å². The van der Waals surface area contributed by atoms with Gasteiger partial charge in [-0.25, -0.2) is 0 Å². The number of carbonyl (C=O) groups excluding carboxylic acids is 1. The zero-order valence-electron chi connectivity index (χ0n) is 32.6. The first-order chi connectivity index (χ1) is 22.7. The minimum absolute atomic E-state index is 0.00787. The van der Waals surface area contributed by atoms with Gasteiger partial charge in [-0.1, -0.05) is 109 Å². The zero-order valence-corrected chi connectivity index (χ0v) is 32.6. The third-order valence-corrected chi connectivity index (χ3v) is 15.9. The van der Waals surface area contributed by atoms with Crippen molar-refractivity contribution in [2.45, 2.75) is 126 Å². The van der Waals surface area contributed by atoms with Crippen molar-refractivity contribution in [3.63, 3.8) is 0 Å². The van der Waals surface area contributed by atoms with Crippen LogP contribution in [0.4, 0.5) is 0 Å². The molecule has 0 radical (unpaired) electrons. The van der Waals surface area contributed by atoms with Crippen LogP contribution in [0.3, 0.4) is 0 Å². The van der Waals surface area contributed by atoms with E-state index in [1.807, 2.05) is 5.57 Å². The van der Waals surface area contributed by atoms with Crippen molar-refractivity contribution in [3.8, 4) is 0 Å². The Morgan fingerprint density at radius 1 is 0.896 bits per heavy atom. The highest BCUT2D eigenvalue weighted by Crippen LogP contribution is 2.72. The van der Waals surface area contributed by atoms with Crippen LogP contribution < -0.4 is 0 Å². The molecule has 5 aliphatic carbocycles. The summed E-state index contributed by atoms with van der Waals surface area (Å²) in [6, 6.07) is 11.0. The SMILES string of the molecule is CCC1(C)C(C)CCC2(C)C3=CCCC4C5=C(C(C)C)C(=O)CC5(C(C)CN(CCN(C)C)Cc5ccccc5)CCC4C3(C)CC[C@H]21. The standard InChI is InChI=1S/C45H70N2O/c1-11-42(6)32(4)20-23-44(8)38-19-15-18-35-36(43(38,7)24-22-39(42)44)21-25-45(28-37(48)40(31(2)3)41(35)45)33(5)29-47(27-26-46(9)10)30-34-16-13-12-14-17-34/h12-14,16-17,19,31-33,35-36,39H,11,15,18,20-30H2,1-10H3/t32?,33?,35?,36?,39-,42?,43?,44?,45?/m0/s1. The highest BCUT2D eigenvalue weighted by molar-refractivity contribution is 6.00. The van der Waals surface area contributed by atoms with E-state index in [-0.39, 0.29) is 10.8 Å². The summed E-state index contributed by atoms with van der Waals surface area (Å²) < 4.78 is 0. The van der Waals surface area contributed by atoms with E-state index in [9.17, 15) is 4.79 Å². The fourth-order valence-electron chi connectivity index (χ4n) is 13.1. The quantitative estimate of drug-likeness (QED) is 0.235. The topological polar surface area (TPSA) is 23.6 Å². The number of rotatable bonds is 10. The molecule has 266 valence electrons. The van der Waals surface area contributed by atoms with Crippen LogP contribution >= 0.6 is 0 Å². The molecule has 0 saturated heterocycles. The molecule has 0 bridgehead atoms. The summed E-state index contributed by atoms with van der Waals surface area (Å²) in [4.78, 5) is 19.3. The van der Waals surface area contributed by atoms with Crippen molar-refractivity contribution in [1.82, 2.24) is 9.80 Å². The van der Waals surface area contributed by atoms with Crippen LogP contribution in [0.2, 0.25) is 0 Å². The average Bonchev–Trinajstić information content (AvgIpc) is 3.28. The third kappa shape index (κ3) is 5.83. The van der Waals surface area contributed by atoms with Gasteiger partial charge in [-0.3, -0.25) is 9.69 Å². The van der Waals surface area contributed by atoms with Crippen LogP contribution in [0.15, 0.2) is 53.1 Å². The Morgan fingerprint density at radius 3 is 2.27 bits per heavy atom. The van der Waals surface area contributed by atoms with E-state index >= 15 is 0 Å². The molecule has 0 amide bonds. The van der Waals surface area contributed by atoms with Crippen molar-refractivity contribution in [3.05, 3.63) is 58.7 Å². The molecule has 0 aromatic heterocycles. The maximum absolute atomic E-state index is 14.3. The number of benzene rings is 1. The molecule has 0 heterocycles. The van der Waals surface area contributed by atoms with E-state index in [0.717, 1.165) is 44.4 Å². The Kier molecular flexibility index (Phi) is 10.1. The van der Waals surface area contributed by atoms with Gasteiger partial charge in [-0.15, -0.1) is 0 Å². The second-order valence-corrected chi connectivity index (χ2v) is 18.8. The van der Waals surface area contributed by atoms with E-state index < -0.39 is 0 Å². The Balaban J connectivity index is 1.35. The molecular weight excluding hydrogens is 585 g/mol. The molecule has 6 rings (SSSR count). The summed E-state index contributed by atoms with van der Waals surface area (Å²) in [5, 5.41) is 0. The van der Waals surface area contributed by atoms with E-state index in [1.54, 1.807) is 5.57 Å². The van der Waals surface area contributed by atoms with Crippen molar-refractivity contribution in [1.29, 1.82) is 0 Å². The van der Waals surface area contributed by atoms with E-state index in [2.05, 4.69) is 116 Å². The molecule has 0 aliphatic heterocycles. The lowest BCUT2D eigenvalue weighted by molar-refractivity contribution is -0.117. The second kappa shape index (κ2) is 13.4. The van der Waals surface area contributed by atoms with Gasteiger partial charge < -0.3 is 4.90 Å². The summed E-state index contributed by atoms with van der Waals surface area (Å²) in [6.45, 7) is 24.3. The summed E-state index contributed by atoms with van der Waals surface area (Å²) in [7, 11) is 4.38. The first kappa shape index (κ1) is 36.1. The Hall–Kier alpha value is -1.71. The summed E-state index contributed by atoms with van der Waals surface area (Å²) in [5.74, 6) is 4.01. The van der Waals surface area contributed by atoms with Gasteiger partial charge in [0.2, 0.25) is 0 Å². The van der Waals surface area contributed by atoms with E-state index in [0.29, 0.717) is 40.3 Å². The minimum Gasteiger partial charge on any atom is -0.308 e. The largest absolute Gasteiger partial charge is 0.308 e. The number of hydrogen-bond donors (Lipinski definition) is 0. The van der Waals surface area contributed by atoms with Crippen molar-refractivity contribution in [2.24, 2.45) is 57.2 Å². The average molecular weight is 655 g/mol. The number of allylic oxidation sites excluding steroid dienone is 4. The molecule has 1 aromatic carbocycles. The lowest BCUT2D eigenvalue weighted by atomic mass is 9.40. The van der Waals surface area contributed by atoms with Crippen LogP contribution in [0.25, 0.3) is 0 Å². The number of nitrogens with zero attached hydrogens (tertiary/aromatic N) is 2. The highest BCUT2D eigenvalue weighted by atomic mass is 16.1. The molecule has 3 heteroatoms. The number of carbonyl (C=O) groups is 1. The van der Waals surface area contributed by atoms with Gasteiger partial charge in [-0.2, -0.15) is 0 Å². The van der Waals surface area contributed by atoms with E-state index in [1.165, 1.54) is 68.9 Å². The highest BCUT2D eigenvalue weighted by Gasteiger charge is 2.63. The normalized spacial score (nSPS) is 38.8. The first-order valence-corrected chi connectivity index (χ1v) is 20.1. The number of fused-ring (bicyclic) bond motifs is 7. The number of hydrogen-bond acceptors (Lipinski definition) is 3. The Labute approximate surface area is 295 Å². The van der Waals surface area contributed by atoms with Gasteiger partial charge in [0.1, 0.15) is 0 Å². The van der Waals surface area contributed by atoms with Crippen molar-refractivity contribution < 1.29 is 4.79 Å². The molecular formula is C45H70N2O. The molecule has 0 spiro atoms. The van der Waals surface area contributed by atoms with Crippen molar-refractivity contribution in [2.75, 3.05) is 33.7 Å². The number of ketones is 1. The van der Waals surface area contributed by atoms with Gasteiger partial charge in [0, 0.05) is 38.0 Å². The molecule has 8 unspecified atom stereocenters. The van der Waals surface area contributed by atoms with Gasteiger partial charge in [-0.05, 0) is 128 Å². The number of Topliss-reactive ketones (excluding diaryl/α,β-unsaturated/α-hetero) is 1. The summed E-state index contributed by atoms with van der Waals surface area (Å²) in [6.07, 6.45) is 15.1. The van der Waals surface area contributed by atoms with Crippen LogP contribution in [0.5, 0.6) is 0 Å². The lowest BCUT2D eigenvalue weighted by Gasteiger charge is -2.64. The lowest BCUT2D eigenvalue weighted by Crippen LogP contribution is -2.56. The molecule has 5 aliphatic rings. The van der Waals surface area contributed by atoms with Gasteiger partial charge in [0.05, 0.1) is 0 Å². The zero-order chi connectivity index (χ0) is 34.6. The van der Waals surface area contributed by atoms with Gasteiger partial charge in [0.15, 0.2) is 5.78 Å². The molecule has 1 aromatic rings. The monoisotopic (exact) mass is 655 g/mol.